The Morgan fingerprint density at radius 1 is 0.333 bits per heavy atom. The number of carbonyl (C=O) groups is 6. The van der Waals surface area contributed by atoms with Gasteiger partial charge in [0.25, 0.3) is 0 Å². The third kappa shape index (κ3) is 16.9. The lowest BCUT2D eigenvalue weighted by Gasteiger charge is -2.50. The molecule has 0 aliphatic carbocycles. The van der Waals surface area contributed by atoms with E-state index in [1.54, 1.807) is 13.8 Å². The number of ether oxygens (including phenoxy) is 13. The number of aliphatic hydroxyl groups excluding tert-OH is 8. The predicted molar refractivity (Wildman–Crippen MR) is 274 cm³/mol. The lowest BCUT2D eigenvalue weighted by molar-refractivity contribution is -0.414. The standard InChI is InChI=1S/C54H78O27/c1-13-23(7)45(63)69-21-31-33(57)35(59)37(61)51(73-31)79-42-36(60)34(58)32(22-70-46(64)24(8)14-2)74-53(42)81-54-44(43(78-50(68)28(12)18-6)40(30(20-56)72-54)76-48(66)26(10)16-4)80-52-38(62)41(77-49(67)27(11)17-5)39(29(19-55)71-52)75-47(65)25(9)15-3/h13-18,29-44,51-62H,19-22H2,1-12H3/b23-13+,24-14+,25-15+,26-16+,27-17+,28-18+/t29-,30-,31-,32-,33-,34-,35+,36+,37-,38-,39-,40-,41-,42-,43+,44-,51+,52+,53-,54-/m1/s1. The van der Waals surface area contributed by atoms with Gasteiger partial charge >= 0.3 is 35.8 Å². The van der Waals surface area contributed by atoms with Gasteiger partial charge in [0.05, 0.1) is 13.2 Å². The van der Waals surface area contributed by atoms with Crippen LogP contribution >= 0.6 is 0 Å². The molecule has 0 saturated carbocycles. The van der Waals surface area contributed by atoms with Crippen molar-refractivity contribution in [2.45, 2.75) is 206 Å². The van der Waals surface area contributed by atoms with Gasteiger partial charge in [-0.3, -0.25) is 0 Å². The van der Waals surface area contributed by atoms with Gasteiger partial charge in [0.15, 0.2) is 55.7 Å². The maximum absolute atomic E-state index is 13.9. The molecule has 27 heteroatoms. The Bertz CT molecular complexity index is 2370. The average Bonchev–Trinajstić information content (AvgIpc) is 3.48. The first-order chi connectivity index (χ1) is 38.3. The molecule has 8 N–H and O–H groups in total. The van der Waals surface area contributed by atoms with Crippen LogP contribution < -0.4 is 0 Å². The van der Waals surface area contributed by atoms with Crippen LogP contribution in [0.4, 0.5) is 0 Å². The summed E-state index contributed by atoms with van der Waals surface area (Å²) in [4.78, 5) is 79.7. The molecular weight excluding hydrogens is 1080 g/mol. The van der Waals surface area contributed by atoms with Crippen LogP contribution in [0.5, 0.6) is 0 Å². The highest BCUT2D eigenvalue weighted by atomic mass is 16.8. The summed E-state index contributed by atoms with van der Waals surface area (Å²) in [6.45, 7) is 14.0. The summed E-state index contributed by atoms with van der Waals surface area (Å²) in [5.74, 6) is -5.81. The van der Waals surface area contributed by atoms with Crippen LogP contribution in [0.3, 0.4) is 0 Å². The highest BCUT2D eigenvalue weighted by molar-refractivity contribution is 5.90. The van der Waals surface area contributed by atoms with Crippen molar-refractivity contribution >= 4 is 35.8 Å². The van der Waals surface area contributed by atoms with Gasteiger partial charge in [0.1, 0.15) is 80.4 Å². The van der Waals surface area contributed by atoms with Crippen LogP contribution in [0.1, 0.15) is 83.1 Å². The largest absolute Gasteiger partial charge is 0.459 e. The van der Waals surface area contributed by atoms with E-state index in [2.05, 4.69) is 0 Å². The number of aliphatic hydroxyl groups is 8. The maximum atomic E-state index is 13.9. The second kappa shape index (κ2) is 31.4. The van der Waals surface area contributed by atoms with E-state index in [0.29, 0.717) is 0 Å². The van der Waals surface area contributed by atoms with Gasteiger partial charge < -0.3 is 102 Å². The van der Waals surface area contributed by atoms with Crippen LogP contribution in [-0.4, -0.2) is 226 Å². The quantitative estimate of drug-likeness (QED) is 0.0379. The predicted octanol–water partition coefficient (Wildman–Crippen LogP) is -0.646. The van der Waals surface area contributed by atoms with Gasteiger partial charge in [-0.2, -0.15) is 0 Å². The minimum absolute atomic E-state index is 0.0152. The third-order valence-electron chi connectivity index (χ3n) is 14.0. The molecule has 0 amide bonds. The molecule has 456 valence electrons. The molecule has 0 bridgehead atoms. The average molecular weight is 1160 g/mol. The fraction of sp³-hybridized carbons (Fsp3) is 0.667. The Morgan fingerprint density at radius 2 is 0.642 bits per heavy atom. The van der Waals surface area contributed by atoms with Crippen LogP contribution in [0.15, 0.2) is 69.9 Å². The van der Waals surface area contributed by atoms with Crippen molar-refractivity contribution in [3.05, 3.63) is 69.9 Å². The van der Waals surface area contributed by atoms with Crippen LogP contribution in [0.25, 0.3) is 0 Å². The first-order valence-electron chi connectivity index (χ1n) is 26.1. The summed E-state index contributed by atoms with van der Waals surface area (Å²) in [5, 5.41) is 90.7. The Labute approximate surface area is 468 Å². The lowest BCUT2D eigenvalue weighted by atomic mass is 9.95. The molecule has 4 rings (SSSR count). The third-order valence-corrected chi connectivity index (χ3v) is 14.0. The summed E-state index contributed by atoms with van der Waals surface area (Å²) < 4.78 is 77.0. The van der Waals surface area contributed by atoms with Crippen molar-refractivity contribution in [1.29, 1.82) is 0 Å². The van der Waals surface area contributed by atoms with E-state index in [1.807, 2.05) is 0 Å². The maximum Gasteiger partial charge on any atom is 0.333 e. The van der Waals surface area contributed by atoms with Gasteiger partial charge in [0, 0.05) is 33.4 Å². The molecule has 0 aromatic heterocycles. The van der Waals surface area contributed by atoms with Crippen molar-refractivity contribution in [2.24, 2.45) is 0 Å². The minimum atomic E-state index is -2.23. The van der Waals surface area contributed by atoms with E-state index in [1.165, 1.54) is 106 Å². The molecule has 0 aromatic rings. The zero-order valence-electron chi connectivity index (χ0n) is 47.2. The summed E-state index contributed by atoms with van der Waals surface area (Å²) in [7, 11) is 0. The molecule has 0 aromatic carbocycles. The van der Waals surface area contributed by atoms with Crippen LogP contribution in [-0.2, 0) is 90.3 Å². The van der Waals surface area contributed by atoms with E-state index >= 15 is 0 Å². The van der Waals surface area contributed by atoms with Gasteiger partial charge in [-0.05, 0) is 83.1 Å². The normalized spacial score (nSPS) is 35.6. The summed E-state index contributed by atoms with van der Waals surface area (Å²) in [6.07, 6.45) is -31.7. The molecule has 4 fully saturated rings. The van der Waals surface area contributed by atoms with Crippen molar-refractivity contribution in [1.82, 2.24) is 0 Å². The number of hydrogen-bond acceptors (Lipinski definition) is 27. The molecule has 20 atom stereocenters. The monoisotopic (exact) mass is 1160 g/mol. The highest BCUT2D eigenvalue weighted by Gasteiger charge is 2.59. The molecule has 4 aliphatic heterocycles. The molecule has 0 spiro atoms. The lowest BCUT2D eigenvalue weighted by Crippen LogP contribution is -2.68. The number of hydrogen-bond donors (Lipinski definition) is 8. The minimum Gasteiger partial charge on any atom is -0.459 e. The molecular formula is C54H78O27. The van der Waals surface area contributed by atoms with Gasteiger partial charge in [-0.1, -0.05) is 36.5 Å². The topological polar surface area (TPSA) is 384 Å². The van der Waals surface area contributed by atoms with E-state index in [0.717, 1.165) is 0 Å². The number of esters is 6. The smallest absolute Gasteiger partial charge is 0.333 e. The van der Waals surface area contributed by atoms with E-state index in [4.69, 9.17) is 61.6 Å². The van der Waals surface area contributed by atoms with Crippen LogP contribution in [0.2, 0.25) is 0 Å². The molecule has 0 radical (unpaired) electrons. The van der Waals surface area contributed by atoms with Crippen molar-refractivity contribution < 1.29 is 131 Å². The van der Waals surface area contributed by atoms with Crippen molar-refractivity contribution in [3.63, 3.8) is 0 Å². The molecule has 81 heavy (non-hydrogen) atoms. The van der Waals surface area contributed by atoms with Crippen LogP contribution in [0, 0.1) is 0 Å². The molecule has 27 nitrogen and oxygen atoms in total. The molecule has 0 unspecified atom stereocenters. The molecule has 4 heterocycles. The first kappa shape index (κ1) is 68.2. The second-order valence-electron chi connectivity index (χ2n) is 19.3. The molecule has 4 saturated heterocycles. The summed E-state index contributed by atoms with van der Waals surface area (Å²) in [5.41, 5.74) is 0.361. The Morgan fingerprint density at radius 3 is 1.06 bits per heavy atom. The summed E-state index contributed by atoms with van der Waals surface area (Å²) in [6, 6.07) is 0. The zero-order valence-corrected chi connectivity index (χ0v) is 47.2. The van der Waals surface area contributed by atoms with Gasteiger partial charge in [0.2, 0.25) is 0 Å². The summed E-state index contributed by atoms with van der Waals surface area (Å²) >= 11 is 0. The van der Waals surface area contributed by atoms with E-state index in [-0.39, 0.29) is 33.4 Å². The van der Waals surface area contributed by atoms with E-state index in [9.17, 15) is 69.6 Å². The number of carbonyl (C=O) groups excluding carboxylic acids is 6. The molecule has 4 aliphatic rings. The van der Waals surface area contributed by atoms with Crippen molar-refractivity contribution in [2.75, 3.05) is 26.4 Å². The Hall–Kier alpha value is -5.34. The zero-order chi connectivity index (χ0) is 60.7. The van der Waals surface area contributed by atoms with Gasteiger partial charge in [-0.15, -0.1) is 0 Å². The van der Waals surface area contributed by atoms with Crippen molar-refractivity contribution in [3.8, 4) is 0 Å². The second-order valence-corrected chi connectivity index (χ2v) is 19.3. The number of rotatable bonds is 22. The Kier molecular flexibility index (Phi) is 26.4. The highest BCUT2D eigenvalue weighted by Crippen LogP contribution is 2.38. The fourth-order valence-electron chi connectivity index (χ4n) is 8.01. The SMILES string of the molecule is C/C=C(\C)C(=O)OC[C@H]1O[C@@H](O[C@H]2[C@@H](O[C@H]3O[C@H](CO)[C@@H](OC(=O)/C(C)=C/C)[C@H](OC(=O)/C(C)=C/C)[C@H]3O[C@@H]3O[C@H](CO)[C@@H](OC(=O)/C(C)=C/C)[C@H](OC(=O)/C(C)=C/C)[C@H]3O)O[C@H](COC(=O)/C(C)=C/C)[C@@H](O)[C@@H]2O)[C@H](O)[C@@H](O)[C@@H]1O. The van der Waals surface area contributed by atoms with Gasteiger partial charge in [-0.25, -0.2) is 28.8 Å². The van der Waals surface area contributed by atoms with E-state index < -0.39 is 185 Å². The number of allylic oxidation sites excluding steroid dienone is 6. The first-order valence-corrected chi connectivity index (χ1v) is 26.1. The fourth-order valence-corrected chi connectivity index (χ4v) is 8.01. The Balaban J connectivity index is 1.96.